The van der Waals surface area contributed by atoms with Crippen molar-refractivity contribution in [2.45, 2.75) is 65.4 Å². The Bertz CT molecular complexity index is 509. The molecule has 1 N–H and O–H groups in total. The molecule has 1 heterocycles. The zero-order valence-corrected chi connectivity index (χ0v) is 14.6. The van der Waals surface area contributed by atoms with Crippen molar-refractivity contribution in [2.75, 3.05) is 13.1 Å². The van der Waals surface area contributed by atoms with Crippen LogP contribution in [0.1, 0.15) is 53.2 Å². The second kappa shape index (κ2) is 6.47. The van der Waals surface area contributed by atoms with Gasteiger partial charge in [-0.1, -0.05) is 13.8 Å². The maximum atomic E-state index is 10.9. The topological polar surface area (TPSA) is 41.9 Å². The normalized spacial score (nSPS) is 23.3. The molecule has 0 bridgehead atoms. The van der Waals surface area contributed by atoms with Gasteiger partial charge in [-0.05, 0) is 52.9 Å². The van der Waals surface area contributed by atoms with E-state index in [9.17, 15) is 5.11 Å². The standard InChI is InChI=1S/C18H29NO3/c1-7-19(8-2)17-16(20)14-10-9-13(21-12(3)4)11-15(14)22-18(17,5)6/h9-12,16-17,20H,7-8H2,1-6H3. The smallest absolute Gasteiger partial charge is 0.129 e. The Labute approximate surface area is 134 Å². The molecule has 1 aliphatic heterocycles. The molecule has 1 aromatic carbocycles. The van der Waals surface area contributed by atoms with Gasteiger partial charge in [0.05, 0.1) is 12.1 Å². The number of fused-ring (bicyclic) bond motifs is 1. The van der Waals surface area contributed by atoms with Gasteiger partial charge in [0.1, 0.15) is 23.2 Å². The van der Waals surface area contributed by atoms with Gasteiger partial charge in [-0.15, -0.1) is 0 Å². The molecule has 0 saturated heterocycles. The van der Waals surface area contributed by atoms with Crippen molar-refractivity contribution in [1.29, 1.82) is 0 Å². The fraction of sp³-hybridized carbons (Fsp3) is 0.667. The van der Waals surface area contributed by atoms with Crippen molar-refractivity contribution in [2.24, 2.45) is 0 Å². The minimum absolute atomic E-state index is 0.0631. The number of benzene rings is 1. The largest absolute Gasteiger partial charge is 0.491 e. The molecule has 0 fully saturated rings. The van der Waals surface area contributed by atoms with Crippen LogP contribution >= 0.6 is 0 Å². The third kappa shape index (κ3) is 3.23. The summed E-state index contributed by atoms with van der Waals surface area (Å²) in [6.45, 7) is 14.1. The maximum absolute atomic E-state index is 10.9. The molecule has 2 atom stereocenters. The summed E-state index contributed by atoms with van der Waals surface area (Å²) >= 11 is 0. The summed E-state index contributed by atoms with van der Waals surface area (Å²) in [7, 11) is 0. The molecule has 2 unspecified atom stereocenters. The first-order chi connectivity index (χ1) is 10.3. The third-order valence-electron chi connectivity index (χ3n) is 4.27. The second-order valence-electron chi connectivity index (χ2n) is 6.68. The highest BCUT2D eigenvalue weighted by Crippen LogP contribution is 2.43. The summed E-state index contributed by atoms with van der Waals surface area (Å²) in [6, 6.07) is 5.65. The van der Waals surface area contributed by atoms with Crippen molar-refractivity contribution < 1.29 is 14.6 Å². The molecule has 2 rings (SSSR count). The number of hydrogen-bond acceptors (Lipinski definition) is 4. The summed E-state index contributed by atoms with van der Waals surface area (Å²) in [4.78, 5) is 2.26. The van der Waals surface area contributed by atoms with Crippen molar-refractivity contribution >= 4 is 0 Å². The molecule has 1 aliphatic rings. The van der Waals surface area contributed by atoms with Crippen molar-refractivity contribution in [3.05, 3.63) is 23.8 Å². The molecule has 0 aromatic heterocycles. The van der Waals surface area contributed by atoms with Crippen LogP contribution in [0, 0.1) is 0 Å². The average Bonchev–Trinajstić information content (AvgIpc) is 2.41. The van der Waals surface area contributed by atoms with Gasteiger partial charge < -0.3 is 14.6 Å². The van der Waals surface area contributed by atoms with Crippen LogP contribution in [-0.2, 0) is 0 Å². The number of aliphatic hydroxyl groups is 1. The first-order valence-electron chi connectivity index (χ1n) is 8.21. The fourth-order valence-electron chi connectivity index (χ4n) is 3.34. The van der Waals surface area contributed by atoms with Crippen LogP contribution in [0.25, 0.3) is 0 Å². The molecule has 22 heavy (non-hydrogen) atoms. The minimum atomic E-state index is -0.563. The quantitative estimate of drug-likeness (QED) is 0.905. The lowest BCUT2D eigenvalue weighted by Gasteiger charge is -2.47. The molecule has 0 amide bonds. The molecule has 124 valence electrons. The number of ether oxygens (including phenoxy) is 2. The number of hydrogen-bond donors (Lipinski definition) is 1. The molecule has 1 aromatic rings. The Morgan fingerprint density at radius 2 is 1.91 bits per heavy atom. The van der Waals surface area contributed by atoms with Crippen LogP contribution in [0.4, 0.5) is 0 Å². The van der Waals surface area contributed by atoms with Crippen molar-refractivity contribution in [3.8, 4) is 11.5 Å². The Kier molecular flexibility index (Phi) is 5.03. The van der Waals surface area contributed by atoms with Gasteiger partial charge in [0.15, 0.2) is 0 Å². The second-order valence-corrected chi connectivity index (χ2v) is 6.68. The SMILES string of the molecule is CCN(CC)C1C(O)c2ccc(OC(C)C)cc2OC1(C)C. The summed E-state index contributed by atoms with van der Waals surface area (Å²) < 4.78 is 12.0. The lowest BCUT2D eigenvalue weighted by molar-refractivity contribution is -0.0800. The molecule has 0 aliphatic carbocycles. The predicted octanol–water partition coefficient (Wildman–Crippen LogP) is 3.39. The molecule has 0 radical (unpaired) electrons. The van der Waals surface area contributed by atoms with E-state index in [-0.39, 0.29) is 12.1 Å². The minimum Gasteiger partial charge on any atom is -0.491 e. The van der Waals surface area contributed by atoms with Crippen molar-refractivity contribution in [3.63, 3.8) is 0 Å². The predicted molar refractivity (Wildman–Crippen MR) is 88.6 cm³/mol. The van der Waals surface area contributed by atoms with Crippen LogP contribution in [0.5, 0.6) is 11.5 Å². The summed E-state index contributed by atoms with van der Waals surface area (Å²) in [5.41, 5.74) is 0.377. The summed E-state index contributed by atoms with van der Waals surface area (Å²) in [5.74, 6) is 1.50. The zero-order chi connectivity index (χ0) is 16.5. The van der Waals surface area contributed by atoms with E-state index < -0.39 is 11.7 Å². The molecular formula is C18H29NO3. The molecule has 4 nitrogen and oxygen atoms in total. The van der Waals surface area contributed by atoms with Gasteiger partial charge in [0.2, 0.25) is 0 Å². The van der Waals surface area contributed by atoms with Gasteiger partial charge in [-0.25, -0.2) is 0 Å². The fourth-order valence-corrected chi connectivity index (χ4v) is 3.34. The van der Waals surface area contributed by atoms with E-state index in [1.807, 2.05) is 45.9 Å². The molecule has 4 heteroatoms. The first kappa shape index (κ1) is 17.1. The number of nitrogens with zero attached hydrogens (tertiary/aromatic N) is 1. The van der Waals surface area contributed by atoms with Crippen LogP contribution < -0.4 is 9.47 Å². The Morgan fingerprint density at radius 1 is 1.27 bits per heavy atom. The summed E-state index contributed by atoms with van der Waals surface area (Å²) in [6.07, 6.45) is -0.449. The van der Waals surface area contributed by atoms with E-state index in [4.69, 9.17) is 9.47 Å². The highest BCUT2D eigenvalue weighted by Gasteiger charge is 2.45. The van der Waals surface area contributed by atoms with Crippen LogP contribution in [0.3, 0.4) is 0 Å². The Hall–Kier alpha value is -1.26. The van der Waals surface area contributed by atoms with Gasteiger partial charge in [-0.3, -0.25) is 4.90 Å². The maximum Gasteiger partial charge on any atom is 0.129 e. The third-order valence-corrected chi connectivity index (χ3v) is 4.27. The van der Waals surface area contributed by atoms with Crippen LogP contribution in [-0.4, -0.2) is 40.8 Å². The van der Waals surface area contributed by atoms with E-state index in [0.29, 0.717) is 0 Å². The van der Waals surface area contributed by atoms with E-state index in [1.165, 1.54) is 0 Å². The van der Waals surface area contributed by atoms with E-state index in [2.05, 4.69) is 18.7 Å². The zero-order valence-electron chi connectivity index (χ0n) is 14.6. The van der Waals surface area contributed by atoms with E-state index >= 15 is 0 Å². The van der Waals surface area contributed by atoms with E-state index in [1.54, 1.807) is 0 Å². The van der Waals surface area contributed by atoms with Gasteiger partial charge in [-0.2, -0.15) is 0 Å². The average molecular weight is 307 g/mol. The first-order valence-corrected chi connectivity index (χ1v) is 8.21. The highest BCUT2D eigenvalue weighted by molar-refractivity contribution is 5.45. The lowest BCUT2D eigenvalue weighted by Crippen LogP contribution is -2.57. The van der Waals surface area contributed by atoms with Gasteiger partial charge in [0, 0.05) is 11.6 Å². The number of rotatable bonds is 5. The summed E-state index contributed by atoms with van der Waals surface area (Å²) in [5, 5.41) is 10.9. The van der Waals surface area contributed by atoms with Gasteiger partial charge >= 0.3 is 0 Å². The monoisotopic (exact) mass is 307 g/mol. The van der Waals surface area contributed by atoms with Crippen LogP contribution in [0.2, 0.25) is 0 Å². The molecule has 0 saturated carbocycles. The number of likely N-dealkylation sites (N-methyl/N-ethyl adjacent to an activating group) is 1. The number of aliphatic hydroxyl groups excluding tert-OH is 1. The van der Waals surface area contributed by atoms with Crippen molar-refractivity contribution in [1.82, 2.24) is 4.90 Å². The molecular weight excluding hydrogens is 278 g/mol. The Balaban J connectivity index is 2.38. The van der Waals surface area contributed by atoms with E-state index in [0.717, 1.165) is 30.2 Å². The Morgan fingerprint density at radius 3 is 2.45 bits per heavy atom. The van der Waals surface area contributed by atoms with Gasteiger partial charge in [0.25, 0.3) is 0 Å². The lowest BCUT2D eigenvalue weighted by atomic mass is 9.85. The molecule has 0 spiro atoms. The highest BCUT2D eigenvalue weighted by atomic mass is 16.5. The van der Waals surface area contributed by atoms with Crippen LogP contribution in [0.15, 0.2) is 18.2 Å².